The van der Waals surface area contributed by atoms with Crippen molar-refractivity contribution in [1.82, 2.24) is 15.5 Å². The summed E-state index contributed by atoms with van der Waals surface area (Å²) in [7, 11) is 0. The Kier molecular flexibility index (Phi) is 12.7. The summed E-state index contributed by atoms with van der Waals surface area (Å²) >= 11 is 0. The molecule has 3 aromatic carbocycles. The molecule has 9 heteroatoms. The Bertz CT molecular complexity index is 1490. The molecule has 0 radical (unpaired) electrons. The van der Waals surface area contributed by atoms with Crippen LogP contribution in [0.2, 0.25) is 0 Å². The van der Waals surface area contributed by atoms with Crippen LogP contribution in [0.3, 0.4) is 0 Å². The quantitative estimate of drug-likeness (QED) is 0.182. The van der Waals surface area contributed by atoms with Crippen LogP contribution in [0.5, 0.6) is 5.75 Å². The minimum Gasteiger partial charge on any atom is -0.492 e. The van der Waals surface area contributed by atoms with Crippen molar-refractivity contribution in [1.29, 1.82) is 0 Å². The van der Waals surface area contributed by atoms with Crippen molar-refractivity contribution < 1.29 is 29.3 Å². The maximum absolute atomic E-state index is 14.1. The minimum atomic E-state index is -1.07. The monoisotopic (exact) mass is 671 g/mol. The Labute approximate surface area is 291 Å². The van der Waals surface area contributed by atoms with Gasteiger partial charge in [0.15, 0.2) is 0 Å². The van der Waals surface area contributed by atoms with E-state index in [2.05, 4.69) is 15.5 Å². The zero-order valence-electron chi connectivity index (χ0n) is 29.1. The number of nitrogens with one attached hydrogen (secondary N) is 2. The Morgan fingerprint density at radius 2 is 1.57 bits per heavy atom. The lowest BCUT2D eigenvalue weighted by Gasteiger charge is -2.30. The van der Waals surface area contributed by atoms with Crippen LogP contribution in [0.15, 0.2) is 78.9 Å². The molecule has 0 aromatic heterocycles. The van der Waals surface area contributed by atoms with Crippen molar-refractivity contribution in [2.75, 3.05) is 26.2 Å². The molecular weight excluding hydrogens is 618 g/mol. The fourth-order valence-corrected chi connectivity index (χ4v) is 6.85. The number of alkyl carbamates (subject to hydrolysis) is 1. The van der Waals surface area contributed by atoms with Gasteiger partial charge >= 0.3 is 6.09 Å². The van der Waals surface area contributed by atoms with E-state index in [4.69, 9.17) is 9.47 Å². The summed E-state index contributed by atoms with van der Waals surface area (Å²) in [6.45, 7) is 9.14. The number of hydrogen-bond acceptors (Lipinski definition) is 7. The summed E-state index contributed by atoms with van der Waals surface area (Å²) in [5.74, 6) is -0.145. The number of rotatable bonds is 14. The Morgan fingerprint density at radius 3 is 2.29 bits per heavy atom. The average molecular weight is 672 g/mol. The van der Waals surface area contributed by atoms with Crippen molar-refractivity contribution >= 4 is 12.0 Å². The predicted octanol–water partition coefficient (Wildman–Crippen LogP) is 5.37. The van der Waals surface area contributed by atoms with Gasteiger partial charge in [0.1, 0.15) is 18.0 Å². The van der Waals surface area contributed by atoms with E-state index in [1.165, 1.54) is 19.3 Å². The molecule has 3 aromatic rings. The van der Waals surface area contributed by atoms with Gasteiger partial charge in [0.25, 0.3) is 0 Å². The number of nitrogens with zero attached hydrogens (tertiary/aromatic N) is 1. The van der Waals surface area contributed by atoms with Crippen molar-refractivity contribution in [2.24, 2.45) is 5.92 Å². The van der Waals surface area contributed by atoms with Crippen LogP contribution in [0.4, 0.5) is 4.79 Å². The number of fused-ring (bicyclic) bond motifs is 1. The van der Waals surface area contributed by atoms with E-state index in [0.29, 0.717) is 25.9 Å². The van der Waals surface area contributed by atoms with Crippen LogP contribution in [0.1, 0.15) is 74.8 Å². The summed E-state index contributed by atoms with van der Waals surface area (Å²) in [6, 6.07) is 23.9. The molecule has 1 fully saturated rings. The number of aliphatic hydroxyl groups is 2. The first kappa shape index (κ1) is 36.4. The molecule has 1 heterocycles. The number of likely N-dealkylation sites (tertiary alicyclic amines) is 1. The first-order valence-corrected chi connectivity index (χ1v) is 17.8. The van der Waals surface area contributed by atoms with Crippen molar-refractivity contribution in [3.63, 3.8) is 0 Å². The van der Waals surface area contributed by atoms with E-state index in [0.717, 1.165) is 47.6 Å². The third-order valence-corrected chi connectivity index (χ3v) is 9.39. The Hall–Kier alpha value is -3.92. The van der Waals surface area contributed by atoms with Gasteiger partial charge in [0.05, 0.1) is 24.3 Å². The summed E-state index contributed by atoms with van der Waals surface area (Å²) < 4.78 is 11.6. The molecule has 2 aliphatic rings. The van der Waals surface area contributed by atoms with Crippen LogP contribution >= 0.6 is 0 Å². The summed E-state index contributed by atoms with van der Waals surface area (Å²) in [5.41, 5.74) is 3.06. The zero-order chi connectivity index (χ0) is 34.8. The molecule has 4 N–H and O–H groups in total. The van der Waals surface area contributed by atoms with E-state index in [-0.39, 0.29) is 12.3 Å². The molecule has 1 saturated heterocycles. The lowest BCUT2D eigenvalue weighted by molar-refractivity contribution is -0.127. The summed E-state index contributed by atoms with van der Waals surface area (Å²) in [4.78, 5) is 29.4. The number of amides is 2. The number of piperidine rings is 1. The second kappa shape index (κ2) is 17.1. The van der Waals surface area contributed by atoms with Crippen molar-refractivity contribution in [3.8, 4) is 5.75 Å². The van der Waals surface area contributed by atoms with E-state index in [9.17, 15) is 19.8 Å². The van der Waals surface area contributed by atoms with Gasteiger partial charge in [-0.15, -0.1) is 0 Å². The van der Waals surface area contributed by atoms with Crippen LogP contribution in [0, 0.1) is 5.92 Å². The Morgan fingerprint density at radius 1 is 0.898 bits per heavy atom. The standard InChI is InChI=1S/C40H53N3O6/c1-40(2,3)49-39(47)41-34(25-28-12-6-4-7-13-28)35(44)27-31(38(46)42-37-33-15-9-8-14-30(33)26-36(37)45)24-29-16-18-32(19-17-29)48-23-22-43-20-10-5-11-21-43/h4,6-9,12-19,31,34-37,44-45H,5,10-11,20-27H2,1-3H3,(H,41,47)(H,42,46)/t31?,34?,35?,36-,37-/m0/s1. The average Bonchev–Trinajstić information content (AvgIpc) is 3.39. The van der Waals surface area contributed by atoms with Crippen molar-refractivity contribution in [2.45, 2.75) is 95.6 Å². The fourth-order valence-electron chi connectivity index (χ4n) is 6.85. The van der Waals surface area contributed by atoms with Gasteiger partial charge in [-0.05, 0) is 100 Å². The minimum absolute atomic E-state index is 0.0810. The van der Waals surface area contributed by atoms with Gasteiger partial charge < -0.3 is 30.3 Å². The van der Waals surface area contributed by atoms with E-state index in [1.54, 1.807) is 20.8 Å². The molecule has 0 spiro atoms. The molecule has 5 atom stereocenters. The van der Waals surface area contributed by atoms with Crippen LogP contribution in [-0.2, 0) is 28.8 Å². The van der Waals surface area contributed by atoms with Crippen LogP contribution < -0.4 is 15.4 Å². The molecule has 5 rings (SSSR count). The zero-order valence-corrected chi connectivity index (χ0v) is 29.1. The number of hydrogen-bond donors (Lipinski definition) is 4. The fraction of sp³-hybridized carbons (Fsp3) is 0.500. The van der Waals surface area contributed by atoms with E-state index < -0.39 is 41.9 Å². The maximum Gasteiger partial charge on any atom is 0.407 e. The molecule has 2 amide bonds. The first-order chi connectivity index (χ1) is 23.5. The molecule has 1 aliphatic heterocycles. The van der Waals surface area contributed by atoms with Gasteiger partial charge in [-0.3, -0.25) is 9.69 Å². The number of carbonyl (C=O) groups is 2. The molecule has 0 saturated carbocycles. The molecule has 264 valence electrons. The number of benzene rings is 3. The SMILES string of the molecule is CC(C)(C)OC(=O)NC(Cc1ccccc1)C(O)CC(Cc1ccc(OCCN2CCCCC2)cc1)C(=O)N[C@H]1c2ccccc2C[C@@H]1O. The molecular formula is C40H53N3O6. The third-order valence-electron chi connectivity index (χ3n) is 9.39. The van der Waals surface area contributed by atoms with Gasteiger partial charge in [-0.25, -0.2) is 4.79 Å². The number of ether oxygens (including phenoxy) is 2. The van der Waals surface area contributed by atoms with Crippen LogP contribution in [0.25, 0.3) is 0 Å². The van der Waals surface area contributed by atoms with E-state index in [1.807, 2.05) is 78.9 Å². The van der Waals surface area contributed by atoms with Gasteiger partial charge in [0.2, 0.25) is 5.91 Å². The summed E-state index contributed by atoms with van der Waals surface area (Å²) in [5, 5.41) is 28.6. The smallest absolute Gasteiger partial charge is 0.407 e. The molecule has 0 bridgehead atoms. The third kappa shape index (κ3) is 11.0. The van der Waals surface area contributed by atoms with Gasteiger partial charge in [-0.2, -0.15) is 0 Å². The number of carbonyl (C=O) groups excluding carboxylic acids is 2. The molecule has 3 unspecified atom stereocenters. The highest BCUT2D eigenvalue weighted by molar-refractivity contribution is 5.80. The largest absolute Gasteiger partial charge is 0.492 e. The maximum atomic E-state index is 14.1. The van der Waals surface area contributed by atoms with Gasteiger partial charge in [0, 0.05) is 18.9 Å². The Balaban J connectivity index is 1.31. The summed E-state index contributed by atoms with van der Waals surface area (Å²) in [6.07, 6.45) is 2.61. The lowest BCUT2D eigenvalue weighted by Crippen LogP contribution is -2.48. The second-order valence-corrected chi connectivity index (χ2v) is 14.5. The predicted molar refractivity (Wildman–Crippen MR) is 190 cm³/mol. The molecule has 9 nitrogen and oxygen atoms in total. The molecule has 49 heavy (non-hydrogen) atoms. The highest BCUT2D eigenvalue weighted by atomic mass is 16.6. The molecule has 1 aliphatic carbocycles. The van der Waals surface area contributed by atoms with Crippen molar-refractivity contribution in [3.05, 3.63) is 101 Å². The van der Waals surface area contributed by atoms with Crippen LogP contribution in [-0.4, -0.2) is 77.2 Å². The highest BCUT2D eigenvalue weighted by Crippen LogP contribution is 2.32. The highest BCUT2D eigenvalue weighted by Gasteiger charge is 2.35. The van der Waals surface area contributed by atoms with Gasteiger partial charge in [-0.1, -0.05) is 73.2 Å². The first-order valence-electron chi connectivity index (χ1n) is 17.8. The lowest BCUT2D eigenvalue weighted by atomic mass is 9.88. The topological polar surface area (TPSA) is 120 Å². The second-order valence-electron chi connectivity index (χ2n) is 14.5. The normalized spacial score (nSPS) is 19.7. The number of aliphatic hydroxyl groups excluding tert-OH is 2. The van der Waals surface area contributed by atoms with E-state index >= 15 is 0 Å².